The van der Waals surface area contributed by atoms with Gasteiger partial charge in [-0.1, -0.05) is 26.2 Å². The number of aromatic nitrogens is 4. The van der Waals surface area contributed by atoms with Crippen molar-refractivity contribution in [3.05, 3.63) is 11.5 Å². The van der Waals surface area contributed by atoms with Crippen molar-refractivity contribution >= 4 is 22.8 Å². The summed E-state index contributed by atoms with van der Waals surface area (Å²) in [6, 6.07) is 0. The Balaban J connectivity index is 2.04. The van der Waals surface area contributed by atoms with E-state index < -0.39 is 0 Å². The molecule has 0 spiro atoms. The van der Waals surface area contributed by atoms with Gasteiger partial charge in [0.05, 0.1) is 5.69 Å². The highest BCUT2D eigenvalue weighted by atomic mass is 35.5. The van der Waals surface area contributed by atoms with Crippen LogP contribution in [0, 0.1) is 12.3 Å². The minimum Gasteiger partial charge on any atom is -0.312 e. The molecule has 2 aromatic heterocycles. The van der Waals surface area contributed by atoms with E-state index in [-0.39, 0.29) is 0 Å². The molecule has 1 saturated carbocycles. The third kappa shape index (κ3) is 2.70. The summed E-state index contributed by atoms with van der Waals surface area (Å²) in [4.78, 5) is 4.81. The van der Waals surface area contributed by atoms with Crippen LogP contribution in [-0.4, -0.2) is 25.2 Å². The van der Waals surface area contributed by atoms with Gasteiger partial charge in [0, 0.05) is 25.9 Å². The number of aryl methyl sites for hydroxylation is 3. The monoisotopic (exact) mass is 308 g/mol. The SMILES string of the molecule is Cc1nn(C)c2c1nc(CCCl)n2CC1(C)CCCCC1. The minimum atomic E-state index is 0.380. The van der Waals surface area contributed by atoms with Crippen LogP contribution in [0.2, 0.25) is 0 Å². The Hall–Kier alpha value is -1.03. The Morgan fingerprint density at radius 1 is 1.24 bits per heavy atom. The van der Waals surface area contributed by atoms with Gasteiger partial charge in [-0.15, -0.1) is 11.6 Å². The lowest BCUT2D eigenvalue weighted by Gasteiger charge is -2.34. The van der Waals surface area contributed by atoms with E-state index in [0.717, 1.165) is 35.6 Å². The van der Waals surface area contributed by atoms with Gasteiger partial charge in [-0.25, -0.2) is 4.98 Å². The number of halogens is 1. The Morgan fingerprint density at radius 3 is 2.62 bits per heavy atom. The third-order valence-electron chi connectivity index (χ3n) is 4.89. The molecule has 0 N–H and O–H groups in total. The van der Waals surface area contributed by atoms with Gasteiger partial charge in [0.25, 0.3) is 0 Å². The van der Waals surface area contributed by atoms with E-state index in [9.17, 15) is 0 Å². The number of nitrogens with zero attached hydrogens (tertiary/aromatic N) is 4. The van der Waals surface area contributed by atoms with E-state index in [0.29, 0.717) is 11.3 Å². The molecule has 0 saturated heterocycles. The first-order chi connectivity index (χ1) is 10.0. The standard InChI is InChI=1S/C16H25ClN4/c1-12-14-15(20(3)19-12)21(13(18-14)7-10-17)11-16(2)8-5-4-6-9-16/h4-11H2,1-3H3. The van der Waals surface area contributed by atoms with Crippen molar-refractivity contribution in [1.29, 1.82) is 0 Å². The van der Waals surface area contributed by atoms with E-state index >= 15 is 0 Å². The van der Waals surface area contributed by atoms with Gasteiger partial charge in [0.1, 0.15) is 11.3 Å². The highest BCUT2D eigenvalue weighted by Gasteiger charge is 2.29. The Morgan fingerprint density at radius 2 is 1.95 bits per heavy atom. The number of alkyl halides is 1. The maximum Gasteiger partial charge on any atom is 0.158 e. The predicted octanol–water partition coefficient (Wildman–Crippen LogP) is 3.83. The number of fused-ring (bicyclic) bond motifs is 1. The molecule has 0 aromatic carbocycles. The lowest BCUT2D eigenvalue weighted by atomic mass is 9.75. The number of rotatable bonds is 4. The van der Waals surface area contributed by atoms with Gasteiger partial charge >= 0.3 is 0 Å². The zero-order valence-corrected chi connectivity index (χ0v) is 14.1. The summed E-state index contributed by atoms with van der Waals surface area (Å²) >= 11 is 5.98. The molecule has 0 unspecified atom stereocenters. The van der Waals surface area contributed by atoms with Crippen LogP contribution in [0.15, 0.2) is 0 Å². The van der Waals surface area contributed by atoms with Crippen LogP contribution in [-0.2, 0) is 20.0 Å². The van der Waals surface area contributed by atoms with Crippen molar-refractivity contribution in [3.63, 3.8) is 0 Å². The van der Waals surface area contributed by atoms with Gasteiger partial charge in [-0.2, -0.15) is 5.10 Å². The average Bonchev–Trinajstić information content (AvgIpc) is 2.91. The molecular formula is C16H25ClN4. The van der Waals surface area contributed by atoms with Crippen molar-refractivity contribution < 1.29 is 0 Å². The topological polar surface area (TPSA) is 35.6 Å². The molecule has 2 aromatic rings. The summed E-state index contributed by atoms with van der Waals surface area (Å²) in [6.45, 7) is 5.49. The summed E-state index contributed by atoms with van der Waals surface area (Å²) in [5, 5.41) is 4.53. The number of hydrogen-bond acceptors (Lipinski definition) is 2. The second-order valence-corrected chi connectivity index (χ2v) is 7.18. The van der Waals surface area contributed by atoms with Gasteiger partial charge in [0.15, 0.2) is 5.65 Å². The second kappa shape index (κ2) is 5.64. The maximum atomic E-state index is 5.98. The van der Waals surface area contributed by atoms with Gasteiger partial charge in [-0.3, -0.25) is 4.68 Å². The molecular weight excluding hydrogens is 284 g/mol. The van der Waals surface area contributed by atoms with Crippen LogP contribution < -0.4 is 0 Å². The average molecular weight is 309 g/mol. The molecule has 1 aliphatic carbocycles. The smallest absolute Gasteiger partial charge is 0.158 e. The van der Waals surface area contributed by atoms with Crippen LogP contribution in [0.3, 0.4) is 0 Å². The zero-order valence-electron chi connectivity index (χ0n) is 13.3. The van der Waals surface area contributed by atoms with Crippen LogP contribution in [0.5, 0.6) is 0 Å². The molecule has 0 bridgehead atoms. The fraction of sp³-hybridized carbons (Fsp3) is 0.750. The third-order valence-corrected chi connectivity index (χ3v) is 5.08. The van der Waals surface area contributed by atoms with Crippen LogP contribution in [0.1, 0.15) is 50.5 Å². The Labute approximate surface area is 131 Å². The summed E-state index contributed by atoms with van der Waals surface area (Å²) in [6.07, 6.45) is 7.53. The molecule has 2 heterocycles. The van der Waals surface area contributed by atoms with E-state index in [1.165, 1.54) is 32.1 Å². The molecule has 4 nitrogen and oxygen atoms in total. The van der Waals surface area contributed by atoms with Crippen molar-refractivity contribution in [2.45, 2.75) is 58.9 Å². The van der Waals surface area contributed by atoms with Gasteiger partial charge in [0.2, 0.25) is 0 Å². The molecule has 21 heavy (non-hydrogen) atoms. The van der Waals surface area contributed by atoms with Crippen molar-refractivity contribution in [1.82, 2.24) is 19.3 Å². The zero-order chi connectivity index (χ0) is 15.0. The lowest BCUT2D eigenvalue weighted by molar-refractivity contribution is 0.183. The second-order valence-electron chi connectivity index (χ2n) is 6.81. The van der Waals surface area contributed by atoms with Crippen molar-refractivity contribution in [3.8, 4) is 0 Å². The maximum absolute atomic E-state index is 5.98. The quantitative estimate of drug-likeness (QED) is 0.805. The summed E-state index contributed by atoms with van der Waals surface area (Å²) < 4.78 is 4.35. The molecule has 3 rings (SSSR count). The van der Waals surface area contributed by atoms with Crippen LogP contribution in [0.25, 0.3) is 11.2 Å². The molecule has 0 amide bonds. The highest BCUT2D eigenvalue weighted by Crippen LogP contribution is 2.38. The van der Waals surface area contributed by atoms with Gasteiger partial charge in [-0.05, 0) is 25.2 Å². The van der Waals surface area contributed by atoms with E-state index in [4.69, 9.17) is 16.6 Å². The Bertz CT molecular complexity index is 634. The fourth-order valence-corrected chi connectivity index (χ4v) is 3.94. The molecule has 5 heteroatoms. The van der Waals surface area contributed by atoms with E-state index in [2.05, 4.69) is 16.6 Å². The number of imidazole rings is 1. The first kappa shape index (κ1) is 14.9. The van der Waals surface area contributed by atoms with E-state index in [1.807, 2.05) is 18.7 Å². The van der Waals surface area contributed by atoms with E-state index in [1.54, 1.807) is 0 Å². The van der Waals surface area contributed by atoms with Crippen molar-refractivity contribution in [2.24, 2.45) is 12.5 Å². The molecule has 0 atom stereocenters. The Kier molecular flexibility index (Phi) is 4.00. The van der Waals surface area contributed by atoms with Crippen LogP contribution >= 0.6 is 11.6 Å². The molecule has 116 valence electrons. The van der Waals surface area contributed by atoms with Crippen molar-refractivity contribution in [2.75, 3.05) is 5.88 Å². The summed E-state index contributed by atoms with van der Waals surface area (Å²) in [7, 11) is 2.02. The minimum absolute atomic E-state index is 0.380. The van der Waals surface area contributed by atoms with Gasteiger partial charge < -0.3 is 4.57 Å². The molecule has 1 aliphatic rings. The summed E-state index contributed by atoms with van der Waals surface area (Å²) in [5.74, 6) is 1.73. The summed E-state index contributed by atoms with van der Waals surface area (Å²) in [5.41, 5.74) is 3.58. The largest absolute Gasteiger partial charge is 0.312 e. The highest BCUT2D eigenvalue weighted by molar-refractivity contribution is 6.17. The lowest BCUT2D eigenvalue weighted by Crippen LogP contribution is -2.27. The number of hydrogen-bond donors (Lipinski definition) is 0. The van der Waals surface area contributed by atoms with Crippen LogP contribution in [0.4, 0.5) is 0 Å². The predicted molar refractivity (Wildman–Crippen MR) is 86.9 cm³/mol. The normalized spacial score (nSPS) is 18.5. The fourth-order valence-electron chi connectivity index (χ4n) is 3.77. The molecule has 1 fully saturated rings. The first-order valence-electron chi connectivity index (χ1n) is 7.99. The molecule has 0 radical (unpaired) electrons. The first-order valence-corrected chi connectivity index (χ1v) is 8.52. The molecule has 0 aliphatic heterocycles.